The summed E-state index contributed by atoms with van der Waals surface area (Å²) in [6.45, 7) is 0.487. The average molecular weight is 340 g/mol. The van der Waals surface area contributed by atoms with E-state index in [1.165, 1.54) is 7.11 Å². The molecule has 0 bridgehead atoms. The molecule has 1 aliphatic rings. The summed E-state index contributed by atoms with van der Waals surface area (Å²) in [6, 6.07) is 11.1. The Hall–Kier alpha value is -2.89. The summed E-state index contributed by atoms with van der Waals surface area (Å²) in [6.07, 6.45) is 3.00. The molecule has 1 amide bonds. The largest absolute Gasteiger partial charge is 0.481 e. The fraction of sp³-hybridized carbons (Fsp3) is 0.316. The first-order chi connectivity index (χ1) is 12.1. The number of carbonyl (C=O) groups excluding carboxylic acids is 1. The minimum atomic E-state index is -0.814. The zero-order chi connectivity index (χ0) is 17.8. The van der Waals surface area contributed by atoms with E-state index in [-0.39, 0.29) is 24.1 Å². The van der Waals surface area contributed by atoms with E-state index < -0.39 is 5.97 Å². The third kappa shape index (κ3) is 3.63. The van der Waals surface area contributed by atoms with Gasteiger partial charge < -0.3 is 14.7 Å². The maximum Gasteiger partial charge on any atom is 0.303 e. The van der Waals surface area contributed by atoms with Crippen molar-refractivity contribution >= 4 is 17.6 Å². The van der Waals surface area contributed by atoms with Crippen LogP contribution in [-0.4, -0.2) is 35.6 Å². The van der Waals surface area contributed by atoms with Gasteiger partial charge in [0.25, 0.3) is 5.91 Å². The van der Waals surface area contributed by atoms with Crippen LogP contribution in [0.2, 0.25) is 0 Å². The molecule has 6 nitrogen and oxygen atoms in total. The summed E-state index contributed by atoms with van der Waals surface area (Å²) in [4.78, 5) is 29.8. The van der Waals surface area contributed by atoms with Gasteiger partial charge in [0.05, 0.1) is 7.11 Å². The van der Waals surface area contributed by atoms with Crippen LogP contribution in [0.1, 0.15) is 28.8 Å². The van der Waals surface area contributed by atoms with Gasteiger partial charge in [0.15, 0.2) is 0 Å². The molecule has 6 heteroatoms. The molecule has 1 aromatic heterocycles. The van der Waals surface area contributed by atoms with Crippen molar-refractivity contribution in [2.75, 3.05) is 18.6 Å². The van der Waals surface area contributed by atoms with Crippen LogP contribution in [0.3, 0.4) is 0 Å². The first-order valence-corrected chi connectivity index (χ1v) is 8.20. The van der Waals surface area contributed by atoms with E-state index >= 15 is 0 Å². The number of nitrogens with zero attached hydrogens (tertiary/aromatic N) is 2. The molecule has 1 atom stereocenters. The molecule has 2 aromatic rings. The Bertz CT molecular complexity index is 790. The minimum absolute atomic E-state index is 0.102. The number of ether oxygens (including phenoxy) is 1. The predicted octanol–water partition coefficient (Wildman–Crippen LogP) is 2.77. The number of carboxylic acids is 1. The number of hydrogen-bond donors (Lipinski definition) is 1. The van der Waals surface area contributed by atoms with Gasteiger partial charge in [-0.05, 0) is 42.5 Å². The molecule has 1 N–H and O–H groups in total. The van der Waals surface area contributed by atoms with E-state index in [1.54, 1.807) is 23.2 Å². The molecule has 0 saturated carbocycles. The van der Waals surface area contributed by atoms with Crippen LogP contribution in [0, 0.1) is 5.92 Å². The normalized spacial score (nSPS) is 16.2. The van der Waals surface area contributed by atoms with Gasteiger partial charge in [-0.2, -0.15) is 0 Å². The first kappa shape index (κ1) is 17.0. The summed E-state index contributed by atoms with van der Waals surface area (Å²) in [5.74, 6) is -0.599. The smallest absolute Gasteiger partial charge is 0.303 e. The van der Waals surface area contributed by atoms with Crippen LogP contribution < -0.4 is 9.64 Å². The number of hydrogen-bond acceptors (Lipinski definition) is 4. The van der Waals surface area contributed by atoms with Crippen molar-refractivity contribution in [3.8, 4) is 5.88 Å². The van der Waals surface area contributed by atoms with Gasteiger partial charge in [-0.15, -0.1) is 0 Å². The Morgan fingerprint density at radius 3 is 2.84 bits per heavy atom. The summed E-state index contributed by atoms with van der Waals surface area (Å²) in [7, 11) is 1.49. The Balaban J connectivity index is 1.92. The molecule has 3 rings (SSSR count). The number of anilines is 1. The van der Waals surface area contributed by atoms with Crippen LogP contribution in [0.4, 0.5) is 5.69 Å². The number of fused-ring (bicyclic) bond motifs is 1. The van der Waals surface area contributed by atoms with Crippen molar-refractivity contribution < 1.29 is 19.4 Å². The number of methoxy groups -OCH3 is 1. The van der Waals surface area contributed by atoms with Crippen molar-refractivity contribution in [1.82, 2.24) is 4.98 Å². The van der Waals surface area contributed by atoms with Gasteiger partial charge in [0, 0.05) is 24.8 Å². The molecule has 1 aliphatic heterocycles. The predicted molar refractivity (Wildman–Crippen MR) is 93.0 cm³/mol. The number of amides is 1. The van der Waals surface area contributed by atoms with Crippen molar-refractivity contribution in [1.29, 1.82) is 0 Å². The molecule has 0 radical (unpaired) electrons. The van der Waals surface area contributed by atoms with E-state index in [2.05, 4.69) is 4.98 Å². The van der Waals surface area contributed by atoms with Gasteiger partial charge in [0.2, 0.25) is 5.88 Å². The lowest BCUT2D eigenvalue weighted by Gasteiger charge is -2.34. The summed E-state index contributed by atoms with van der Waals surface area (Å²) in [5.41, 5.74) is 2.32. The molecule has 1 aromatic carbocycles. The van der Waals surface area contributed by atoms with E-state index in [9.17, 15) is 9.59 Å². The van der Waals surface area contributed by atoms with Gasteiger partial charge in [-0.1, -0.05) is 18.2 Å². The molecule has 2 heterocycles. The highest BCUT2D eigenvalue weighted by atomic mass is 16.5. The zero-order valence-electron chi connectivity index (χ0n) is 14.0. The third-order valence-corrected chi connectivity index (χ3v) is 4.44. The SMILES string of the molecule is COc1ncccc1C(=O)N1CC(CCC(=O)O)Cc2ccccc21. The molecule has 130 valence electrons. The van der Waals surface area contributed by atoms with Crippen molar-refractivity contribution in [3.63, 3.8) is 0 Å². The number of rotatable bonds is 5. The van der Waals surface area contributed by atoms with Crippen molar-refractivity contribution in [3.05, 3.63) is 53.7 Å². The van der Waals surface area contributed by atoms with E-state index in [1.807, 2.05) is 24.3 Å². The number of benzene rings is 1. The van der Waals surface area contributed by atoms with Crippen LogP contribution in [0.25, 0.3) is 0 Å². The molecule has 0 spiro atoms. The second-order valence-electron chi connectivity index (χ2n) is 6.11. The molecular weight excluding hydrogens is 320 g/mol. The molecule has 0 aliphatic carbocycles. The second kappa shape index (κ2) is 7.34. The Morgan fingerprint density at radius 1 is 1.28 bits per heavy atom. The van der Waals surface area contributed by atoms with Crippen LogP contribution in [0.15, 0.2) is 42.6 Å². The zero-order valence-corrected chi connectivity index (χ0v) is 14.0. The summed E-state index contributed by atoms with van der Waals surface area (Å²) >= 11 is 0. The highest BCUT2D eigenvalue weighted by molar-refractivity contribution is 6.08. The Morgan fingerprint density at radius 2 is 2.08 bits per heavy atom. The Kier molecular flexibility index (Phi) is 4.97. The third-order valence-electron chi connectivity index (χ3n) is 4.44. The van der Waals surface area contributed by atoms with Gasteiger partial charge in [-0.3, -0.25) is 9.59 Å². The van der Waals surface area contributed by atoms with Crippen molar-refractivity contribution in [2.45, 2.75) is 19.3 Å². The fourth-order valence-corrected chi connectivity index (χ4v) is 3.25. The molecule has 25 heavy (non-hydrogen) atoms. The first-order valence-electron chi connectivity index (χ1n) is 8.20. The maximum atomic E-state index is 13.1. The van der Waals surface area contributed by atoms with Crippen LogP contribution in [0.5, 0.6) is 5.88 Å². The molecule has 0 fully saturated rings. The van der Waals surface area contributed by atoms with E-state index in [4.69, 9.17) is 9.84 Å². The van der Waals surface area contributed by atoms with Gasteiger partial charge in [-0.25, -0.2) is 4.98 Å². The Labute approximate surface area is 146 Å². The molecule has 0 saturated heterocycles. The van der Waals surface area contributed by atoms with Crippen molar-refractivity contribution in [2.24, 2.45) is 5.92 Å². The molecular formula is C19H20N2O4. The number of aromatic nitrogens is 1. The highest BCUT2D eigenvalue weighted by Crippen LogP contribution is 2.33. The van der Waals surface area contributed by atoms with Gasteiger partial charge >= 0.3 is 5.97 Å². The minimum Gasteiger partial charge on any atom is -0.481 e. The second-order valence-corrected chi connectivity index (χ2v) is 6.11. The lowest BCUT2D eigenvalue weighted by molar-refractivity contribution is -0.137. The fourth-order valence-electron chi connectivity index (χ4n) is 3.25. The number of aliphatic carboxylic acids is 1. The number of para-hydroxylation sites is 1. The summed E-state index contributed by atoms with van der Waals surface area (Å²) in [5, 5.41) is 8.96. The van der Waals surface area contributed by atoms with E-state index in [0.717, 1.165) is 17.7 Å². The number of carbonyl (C=O) groups is 2. The monoisotopic (exact) mass is 340 g/mol. The van der Waals surface area contributed by atoms with Crippen LogP contribution >= 0.6 is 0 Å². The quantitative estimate of drug-likeness (QED) is 0.905. The maximum absolute atomic E-state index is 13.1. The number of pyridine rings is 1. The average Bonchev–Trinajstić information content (AvgIpc) is 2.65. The summed E-state index contributed by atoms with van der Waals surface area (Å²) < 4.78 is 5.21. The highest BCUT2D eigenvalue weighted by Gasteiger charge is 2.30. The lowest BCUT2D eigenvalue weighted by atomic mass is 9.89. The standard InChI is InChI=1S/C19H20N2O4/c1-25-18-15(6-4-10-20-18)19(24)21-12-13(8-9-17(22)23)11-14-5-2-3-7-16(14)21/h2-7,10,13H,8-9,11-12H2,1H3,(H,22,23). The van der Waals surface area contributed by atoms with E-state index in [0.29, 0.717) is 18.5 Å². The van der Waals surface area contributed by atoms with Crippen LogP contribution in [-0.2, 0) is 11.2 Å². The molecule has 1 unspecified atom stereocenters. The number of carboxylic acid groups (broad SMARTS) is 1. The lowest BCUT2D eigenvalue weighted by Crippen LogP contribution is -2.40. The van der Waals surface area contributed by atoms with Gasteiger partial charge in [0.1, 0.15) is 5.56 Å². The topological polar surface area (TPSA) is 79.7 Å².